The van der Waals surface area contributed by atoms with Crippen LogP contribution in [0.25, 0.3) is 5.52 Å². The van der Waals surface area contributed by atoms with Crippen LogP contribution in [0.4, 0.5) is 0 Å². The molecular weight excluding hydrogens is 260 g/mol. The Kier molecular flexibility index (Phi) is 3.71. The fourth-order valence-corrected chi connectivity index (χ4v) is 2.75. The van der Waals surface area contributed by atoms with Crippen LogP contribution in [0, 0.1) is 13.8 Å². The molecule has 1 aromatic carbocycles. The summed E-state index contributed by atoms with van der Waals surface area (Å²) in [6, 6.07) is 6.60. The van der Waals surface area contributed by atoms with Crippen LogP contribution < -0.4 is 5.32 Å². The fourth-order valence-electron chi connectivity index (χ4n) is 2.75. The van der Waals surface area contributed by atoms with Crippen molar-refractivity contribution in [2.24, 2.45) is 0 Å². The molecule has 3 rings (SSSR count). The van der Waals surface area contributed by atoms with Gasteiger partial charge in [-0.25, -0.2) is 4.52 Å². The van der Waals surface area contributed by atoms with Crippen molar-refractivity contribution < 1.29 is 0 Å². The minimum absolute atomic E-state index is 0.136. The number of hydrogen-bond donors (Lipinski definition) is 1. The Morgan fingerprint density at radius 2 is 2.05 bits per heavy atom. The summed E-state index contributed by atoms with van der Waals surface area (Å²) in [7, 11) is 0. The molecule has 1 unspecified atom stereocenters. The van der Waals surface area contributed by atoms with Gasteiger partial charge in [0.25, 0.3) is 0 Å². The van der Waals surface area contributed by atoms with Crippen LogP contribution in [0.3, 0.4) is 0 Å². The Morgan fingerprint density at radius 1 is 1.19 bits per heavy atom. The third-order valence-electron chi connectivity index (χ3n) is 4.03. The van der Waals surface area contributed by atoms with Gasteiger partial charge in [-0.1, -0.05) is 25.1 Å². The van der Waals surface area contributed by atoms with Gasteiger partial charge in [0.2, 0.25) is 0 Å². The molecule has 2 aromatic heterocycles. The van der Waals surface area contributed by atoms with Gasteiger partial charge < -0.3 is 5.32 Å². The van der Waals surface area contributed by atoms with E-state index in [1.54, 1.807) is 6.20 Å². The molecule has 0 spiro atoms. The van der Waals surface area contributed by atoms with E-state index in [2.05, 4.69) is 54.4 Å². The minimum atomic E-state index is 0.136. The predicted molar refractivity (Wildman–Crippen MR) is 84.4 cm³/mol. The minimum Gasteiger partial charge on any atom is -0.306 e. The zero-order valence-electron chi connectivity index (χ0n) is 12.7. The molecule has 21 heavy (non-hydrogen) atoms. The highest BCUT2D eigenvalue weighted by Gasteiger charge is 2.19. The van der Waals surface area contributed by atoms with E-state index >= 15 is 0 Å². The van der Waals surface area contributed by atoms with E-state index in [4.69, 9.17) is 0 Å². The van der Waals surface area contributed by atoms with Crippen molar-refractivity contribution in [2.45, 2.75) is 26.8 Å². The molecule has 0 aliphatic carbocycles. The van der Waals surface area contributed by atoms with Gasteiger partial charge in [-0.05, 0) is 37.1 Å². The topological polar surface area (TPSA) is 42.2 Å². The van der Waals surface area contributed by atoms with Gasteiger partial charge in [0.05, 0.1) is 24.0 Å². The summed E-state index contributed by atoms with van der Waals surface area (Å²) < 4.78 is 1.87. The van der Waals surface area contributed by atoms with Crippen LogP contribution in [0.1, 0.15) is 35.2 Å². The standard InChI is InChI=1S/C17H20N4/c1-4-19-17(14-7-5-6-12(2)13(14)3)15-10-20-21-9-8-18-11-16(15)21/h5-11,17,19H,4H2,1-3H3. The molecule has 2 heterocycles. The molecule has 4 heteroatoms. The van der Waals surface area contributed by atoms with Crippen LogP contribution in [0.2, 0.25) is 0 Å². The van der Waals surface area contributed by atoms with E-state index in [9.17, 15) is 0 Å². The van der Waals surface area contributed by atoms with Gasteiger partial charge in [0.1, 0.15) is 0 Å². The lowest BCUT2D eigenvalue weighted by Gasteiger charge is -2.20. The van der Waals surface area contributed by atoms with E-state index in [0.29, 0.717) is 0 Å². The maximum absolute atomic E-state index is 4.44. The molecule has 108 valence electrons. The summed E-state index contributed by atoms with van der Waals surface area (Å²) in [6.07, 6.45) is 7.44. The number of fused-ring (bicyclic) bond motifs is 1. The Morgan fingerprint density at radius 3 is 2.86 bits per heavy atom. The summed E-state index contributed by atoms with van der Waals surface area (Å²) >= 11 is 0. The summed E-state index contributed by atoms with van der Waals surface area (Å²) in [4.78, 5) is 4.23. The molecule has 0 saturated heterocycles. The lowest BCUT2D eigenvalue weighted by Crippen LogP contribution is -2.23. The quantitative estimate of drug-likeness (QED) is 0.798. The molecule has 0 bridgehead atoms. The smallest absolute Gasteiger partial charge is 0.0896 e. The highest BCUT2D eigenvalue weighted by Crippen LogP contribution is 2.28. The van der Waals surface area contributed by atoms with Crippen molar-refractivity contribution in [1.82, 2.24) is 19.9 Å². The third kappa shape index (κ3) is 2.43. The van der Waals surface area contributed by atoms with Crippen molar-refractivity contribution in [3.05, 3.63) is 65.2 Å². The first-order valence-electron chi connectivity index (χ1n) is 7.29. The van der Waals surface area contributed by atoms with Gasteiger partial charge in [0, 0.05) is 18.0 Å². The number of aryl methyl sites for hydroxylation is 1. The summed E-state index contributed by atoms with van der Waals surface area (Å²) in [5, 5.41) is 8.02. The van der Waals surface area contributed by atoms with Crippen molar-refractivity contribution in [3.8, 4) is 0 Å². The SMILES string of the molecule is CCNC(c1cccc(C)c1C)c1cnn2ccncc12. The van der Waals surface area contributed by atoms with Gasteiger partial charge in [-0.2, -0.15) is 5.10 Å². The normalized spacial score (nSPS) is 12.7. The first-order valence-corrected chi connectivity index (χ1v) is 7.29. The fraction of sp³-hybridized carbons (Fsp3) is 0.294. The van der Waals surface area contributed by atoms with Crippen molar-refractivity contribution in [3.63, 3.8) is 0 Å². The van der Waals surface area contributed by atoms with Gasteiger partial charge in [0.15, 0.2) is 0 Å². The van der Waals surface area contributed by atoms with E-state index in [0.717, 1.165) is 12.1 Å². The molecule has 1 atom stereocenters. The van der Waals surface area contributed by atoms with Crippen LogP contribution in [0.15, 0.2) is 43.0 Å². The summed E-state index contributed by atoms with van der Waals surface area (Å²) in [6.45, 7) is 7.36. The molecule has 0 fully saturated rings. The highest BCUT2D eigenvalue weighted by atomic mass is 15.2. The number of hydrogen-bond acceptors (Lipinski definition) is 3. The zero-order chi connectivity index (χ0) is 14.8. The van der Waals surface area contributed by atoms with Gasteiger partial charge >= 0.3 is 0 Å². The highest BCUT2D eigenvalue weighted by molar-refractivity contribution is 5.56. The number of aromatic nitrogens is 3. The molecule has 3 aromatic rings. The van der Waals surface area contributed by atoms with E-state index < -0.39 is 0 Å². The number of nitrogens with zero attached hydrogens (tertiary/aromatic N) is 3. The van der Waals surface area contributed by atoms with Crippen LogP contribution >= 0.6 is 0 Å². The Labute approximate surface area is 124 Å². The second kappa shape index (κ2) is 5.66. The Hall–Kier alpha value is -2.20. The average Bonchev–Trinajstić information content (AvgIpc) is 2.92. The molecule has 0 amide bonds. The molecule has 0 aliphatic rings. The maximum Gasteiger partial charge on any atom is 0.0896 e. The lowest BCUT2D eigenvalue weighted by molar-refractivity contribution is 0.630. The number of benzene rings is 1. The molecule has 1 N–H and O–H groups in total. The molecular formula is C17H20N4. The van der Waals surface area contributed by atoms with E-state index in [-0.39, 0.29) is 6.04 Å². The Balaban J connectivity index is 2.16. The first-order chi connectivity index (χ1) is 10.2. The van der Waals surface area contributed by atoms with Crippen LogP contribution in [0.5, 0.6) is 0 Å². The molecule has 0 saturated carbocycles. The number of nitrogens with one attached hydrogen (secondary N) is 1. The van der Waals surface area contributed by atoms with Crippen LogP contribution in [-0.4, -0.2) is 21.1 Å². The number of rotatable bonds is 4. The Bertz CT molecular complexity index is 760. The van der Waals surface area contributed by atoms with Crippen molar-refractivity contribution in [2.75, 3.05) is 6.54 Å². The molecule has 4 nitrogen and oxygen atoms in total. The third-order valence-corrected chi connectivity index (χ3v) is 4.03. The van der Waals surface area contributed by atoms with E-state index in [1.165, 1.54) is 22.3 Å². The van der Waals surface area contributed by atoms with Crippen molar-refractivity contribution in [1.29, 1.82) is 0 Å². The van der Waals surface area contributed by atoms with Crippen molar-refractivity contribution >= 4 is 5.52 Å². The van der Waals surface area contributed by atoms with E-state index in [1.807, 2.05) is 23.1 Å². The first kappa shape index (κ1) is 13.8. The zero-order valence-corrected chi connectivity index (χ0v) is 12.7. The second-order valence-corrected chi connectivity index (χ2v) is 5.29. The largest absolute Gasteiger partial charge is 0.306 e. The van der Waals surface area contributed by atoms with Gasteiger partial charge in [-0.3, -0.25) is 4.98 Å². The molecule has 0 aliphatic heterocycles. The second-order valence-electron chi connectivity index (χ2n) is 5.29. The predicted octanol–water partition coefficient (Wildman–Crippen LogP) is 3.05. The lowest BCUT2D eigenvalue weighted by atomic mass is 9.93. The molecule has 0 radical (unpaired) electrons. The monoisotopic (exact) mass is 280 g/mol. The van der Waals surface area contributed by atoms with Gasteiger partial charge in [-0.15, -0.1) is 0 Å². The summed E-state index contributed by atoms with van der Waals surface area (Å²) in [5.41, 5.74) is 6.15. The summed E-state index contributed by atoms with van der Waals surface area (Å²) in [5.74, 6) is 0. The average molecular weight is 280 g/mol. The van der Waals surface area contributed by atoms with Crippen LogP contribution in [-0.2, 0) is 0 Å². The maximum atomic E-state index is 4.44.